The lowest BCUT2D eigenvalue weighted by Gasteiger charge is -2.23. The summed E-state index contributed by atoms with van der Waals surface area (Å²) in [6.07, 6.45) is 5.22. The van der Waals surface area contributed by atoms with Crippen LogP contribution in [0.5, 0.6) is 5.75 Å². The van der Waals surface area contributed by atoms with Crippen molar-refractivity contribution in [1.29, 1.82) is 0 Å². The Labute approximate surface area is 111 Å². The van der Waals surface area contributed by atoms with Crippen molar-refractivity contribution in [1.82, 2.24) is 5.32 Å². The van der Waals surface area contributed by atoms with Crippen molar-refractivity contribution in [2.24, 2.45) is 5.92 Å². The van der Waals surface area contributed by atoms with Gasteiger partial charge in [0.25, 0.3) is 0 Å². The van der Waals surface area contributed by atoms with Crippen LogP contribution in [0.1, 0.15) is 51.1 Å². The summed E-state index contributed by atoms with van der Waals surface area (Å²) in [7, 11) is 1.72. The summed E-state index contributed by atoms with van der Waals surface area (Å²) in [5.74, 6) is 1.77. The van der Waals surface area contributed by atoms with E-state index in [-0.39, 0.29) is 0 Å². The predicted molar refractivity (Wildman–Crippen MR) is 76.0 cm³/mol. The molecule has 2 atom stereocenters. The first-order valence-electron chi connectivity index (χ1n) is 7.14. The van der Waals surface area contributed by atoms with Crippen LogP contribution in [0, 0.1) is 5.92 Å². The minimum absolute atomic E-state index is 0.525. The fraction of sp³-hybridized carbons (Fsp3) is 0.625. The largest absolute Gasteiger partial charge is 0.497 e. The van der Waals surface area contributed by atoms with Crippen molar-refractivity contribution in [2.75, 3.05) is 7.11 Å². The molecule has 18 heavy (non-hydrogen) atoms. The van der Waals surface area contributed by atoms with Crippen LogP contribution in [0.2, 0.25) is 0 Å². The average Bonchev–Trinajstić information content (AvgIpc) is 3.21. The molecule has 1 N–H and O–H groups in total. The van der Waals surface area contributed by atoms with E-state index in [4.69, 9.17) is 4.74 Å². The third-order valence-corrected chi connectivity index (χ3v) is 3.75. The molecule has 0 saturated heterocycles. The second kappa shape index (κ2) is 6.24. The summed E-state index contributed by atoms with van der Waals surface area (Å²) in [4.78, 5) is 0. The van der Waals surface area contributed by atoms with Crippen LogP contribution < -0.4 is 10.1 Å². The summed E-state index contributed by atoms with van der Waals surface area (Å²) >= 11 is 0. The smallest absolute Gasteiger partial charge is 0.118 e. The van der Waals surface area contributed by atoms with E-state index < -0.39 is 0 Å². The molecule has 0 radical (unpaired) electrons. The predicted octanol–water partition coefficient (Wildman–Crippen LogP) is 3.92. The van der Waals surface area contributed by atoms with Crippen molar-refractivity contribution in [2.45, 2.75) is 51.6 Å². The third-order valence-electron chi connectivity index (χ3n) is 3.75. The van der Waals surface area contributed by atoms with E-state index in [0.29, 0.717) is 12.1 Å². The number of methoxy groups -OCH3 is 1. The van der Waals surface area contributed by atoms with Crippen LogP contribution in [0.15, 0.2) is 24.3 Å². The summed E-state index contributed by atoms with van der Waals surface area (Å²) in [5, 5.41) is 3.79. The zero-order valence-corrected chi connectivity index (χ0v) is 11.8. The Morgan fingerprint density at radius 3 is 2.44 bits per heavy atom. The molecule has 2 heteroatoms. The van der Waals surface area contributed by atoms with E-state index in [1.807, 2.05) is 0 Å². The Hall–Kier alpha value is -1.02. The zero-order valence-electron chi connectivity index (χ0n) is 11.8. The van der Waals surface area contributed by atoms with Gasteiger partial charge in [-0.3, -0.25) is 0 Å². The molecule has 2 unspecified atom stereocenters. The Balaban J connectivity index is 2.04. The van der Waals surface area contributed by atoms with Gasteiger partial charge >= 0.3 is 0 Å². The Bertz CT molecular complexity index is 356. The summed E-state index contributed by atoms with van der Waals surface area (Å²) in [6, 6.07) is 9.66. The van der Waals surface area contributed by atoms with Crippen LogP contribution >= 0.6 is 0 Å². The molecule has 1 aliphatic carbocycles. The van der Waals surface area contributed by atoms with Crippen molar-refractivity contribution >= 4 is 0 Å². The molecule has 1 aromatic carbocycles. The molecule has 1 aliphatic rings. The van der Waals surface area contributed by atoms with E-state index >= 15 is 0 Å². The Kier molecular flexibility index (Phi) is 4.65. The van der Waals surface area contributed by atoms with Crippen LogP contribution in [0.25, 0.3) is 0 Å². The molecule has 0 aliphatic heterocycles. The first-order chi connectivity index (χ1) is 8.74. The first kappa shape index (κ1) is 13.4. The molecule has 0 aromatic heterocycles. The maximum atomic E-state index is 5.22. The number of rotatable bonds is 7. The highest BCUT2D eigenvalue weighted by atomic mass is 16.5. The van der Waals surface area contributed by atoms with Gasteiger partial charge < -0.3 is 10.1 Å². The number of hydrogen-bond acceptors (Lipinski definition) is 2. The van der Waals surface area contributed by atoms with Gasteiger partial charge in [-0.2, -0.15) is 0 Å². The van der Waals surface area contributed by atoms with Gasteiger partial charge in [-0.1, -0.05) is 25.5 Å². The highest BCUT2D eigenvalue weighted by Crippen LogP contribution is 2.41. The molecule has 1 fully saturated rings. The fourth-order valence-corrected chi connectivity index (χ4v) is 2.57. The quantitative estimate of drug-likeness (QED) is 0.788. The molecular weight excluding hydrogens is 222 g/mol. The second-order valence-corrected chi connectivity index (χ2v) is 5.44. The van der Waals surface area contributed by atoms with Crippen LogP contribution in [0.4, 0.5) is 0 Å². The van der Waals surface area contributed by atoms with Gasteiger partial charge in [0.1, 0.15) is 5.75 Å². The monoisotopic (exact) mass is 247 g/mol. The molecule has 100 valence electrons. The molecule has 0 heterocycles. The third kappa shape index (κ3) is 3.49. The fourth-order valence-electron chi connectivity index (χ4n) is 2.57. The Morgan fingerprint density at radius 1 is 1.28 bits per heavy atom. The van der Waals surface area contributed by atoms with Gasteiger partial charge in [-0.15, -0.1) is 0 Å². The lowest BCUT2D eigenvalue weighted by molar-refractivity contribution is 0.398. The average molecular weight is 247 g/mol. The maximum absolute atomic E-state index is 5.22. The van der Waals surface area contributed by atoms with E-state index in [1.165, 1.54) is 31.2 Å². The SMILES string of the molecule is CCCC(C)NC(c1ccc(OC)cc1)C1CC1. The lowest BCUT2D eigenvalue weighted by atomic mass is 10.0. The van der Waals surface area contributed by atoms with E-state index in [0.717, 1.165) is 11.7 Å². The summed E-state index contributed by atoms with van der Waals surface area (Å²) in [6.45, 7) is 4.54. The van der Waals surface area contributed by atoms with Gasteiger partial charge in [0, 0.05) is 12.1 Å². The minimum Gasteiger partial charge on any atom is -0.497 e. The molecular formula is C16H25NO. The van der Waals surface area contributed by atoms with Crippen molar-refractivity contribution in [3.8, 4) is 5.75 Å². The van der Waals surface area contributed by atoms with E-state index in [2.05, 4.69) is 43.4 Å². The number of nitrogens with one attached hydrogen (secondary N) is 1. The number of benzene rings is 1. The van der Waals surface area contributed by atoms with Gasteiger partial charge in [-0.05, 0) is 49.8 Å². The normalized spacial score (nSPS) is 18.4. The van der Waals surface area contributed by atoms with Crippen LogP contribution in [-0.4, -0.2) is 13.2 Å². The van der Waals surface area contributed by atoms with Crippen molar-refractivity contribution < 1.29 is 4.74 Å². The number of ether oxygens (including phenoxy) is 1. The first-order valence-corrected chi connectivity index (χ1v) is 7.14. The van der Waals surface area contributed by atoms with Gasteiger partial charge in [0.2, 0.25) is 0 Å². The number of hydrogen-bond donors (Lipinski definition) is 1. The second-order valence-electron chi connectivity index (χ2n) is 5.44. The van der Waals surface area contributed by atoms with E-state index in [9.17, 15) is 0 Å². The molecule has 1 aromatic rings. The van der Waals surface area contributed by atoms with Crippen molar-refractivity contribution in [3.05, 3.63) is 29.8 Å². The van der Waals surface area contributed by atoms with Gasteiger partial charge in [0.05, 0.1) is 7.11 Å². The summed E-state index contributed by atoms with van der Waals surface area (Å²) in [5.41, 5.74) is 1.40. The highest BCUT2D eigenvalue weighted by Gasteiger charge is 2.32. The maximum Gasteiger partial charge on any atom is 0.118 e. The lowest BCUT2D eigenvalue weighted by Crippen LogP contribution is -2.31. The molecule has 0 bridgehead atoms. The summed E-state index contributed by atoms with van der Waals surface area (Å²) < 4.78 is 5.22. The zero-order chi connectivity index (χ0) is 13.0. The van der Waals surface area contributed by atoms with Crippen LogP contribution in [0.3, 0.4) is 0 Å². The molecule has 0 amide bonds. The molecule has 2 nitrogen and oxygen atoms in total. The van der Waals surface area contributed by atoms with E-state index in [1.54, 1.807) is 7.11 Å². The standard InChI is InChI=1S/C16H25NO/c1-4-5-12(2)17-16(13-6-7-13)14-8-10-15(18-3)11-9-14/h8-13,16-17H,4-7H2,1-3H3. The van der Waals surface area contributed by atoms with Crippen molar-refractivity contribution in [3.63, 3.8) is 0 Å². The topological polar surface area (TPSA) is 21.3 Å². The minimum atomic E-state index is 0.525. The van der Waals surface area contributed by atoms with Crippen LogP contribution in [-0.2, 0) is 0 Å². The molecule has 1 saturated carbocycles. The molecule has 2 rings (SSSR count). The Morgan fingerprint density at radius 2 is 1.94 bits per heavy atom. The molecule has 0 spiro atoms. The highest BCUT2D eigenvalue weighted by molar-refractivity contribution is 5.30. The van der Waals surface area contributed by atoms with Gasteiger partial charge in [-0.25, -0.2) is 0 Å². The van der Waals surface area contributed by atoms with Gasteiger partial charge in [0.15, 0.2) is 0 Å².